The largest absolute Gasteiger partial charge is 0.481 e. The molecule has 0 aromatic carbocycles. The summed E-state index contributed by atoms with van der Waals surface area (Å²) < 4.78 is 5.21. The SMILES string of the molecule is NC1(C(=O)NC2CCCCC2C(=O)O)CCOCC1. The summed E-state index contributed by atoms with van der Waals surface area (Å²) in [5.74, 6) is -1.54. The van der Waals surface area contributed by atoms with Crippen LogP contribution in [0.5, 0.6) is 0 Å². The van der Waals surface area contributed by atoms with E-state index in [1.54, 1.807) is 0 Å². The highest BCUT2D eigenvalue weighted by molar-refractivity contribution is 5.87. The van der Waals surface area contributed by atoms with Crippen molar-refractivity contribution in [1.82, 2.24) is 5.32 Å². The number of aliphatic carboxylic acids is 1. The Morgan fingerprint density at radius 2 is 1.84 bits per heavy atom. The number of nitrogens with one attached hydrogen (secondary N) is 1. The number of amides is 1. The molecule has 6 heteroatoms. The van der Waals surface area contributed by atoms with Gasteiger partial charge in [0.15, 0.2) is 0 Å². The first kappa shape index (κ1) is 14.3. The second-order valence-electron chi connectivity index (χ2n) is 5.58. The van der Waals surface area contributed by atoms with Crippen LogP contribution >= 0.6 is 0 Å². The van der Waals surface area contributed by atoms with Crippen LogP contribution in [0.1, 0.15) is 38.5 Å². The quantitative estimate of drug-likeness (QED) is 0.682. The minimum atomic E-state index is -0.904. The van der Waals surface area contributed by atoms with Gasteiger partial charge in [-0.25, -0.2) is 0 Å². The van der Waals surface area contributed by atoms with E-state index in [-0.39, 0.29) is 11.9 Å². The maximum Gasteiger partial charge on any atom is 0.308 e. The van der Waals surface area contributed by atoms with Crippen molar-refractivity contribution >= 4 is 11.9 Å². The van der Waals surface area contributed by atoms with Gasteiger partial charge in [-0.3, -0.25) is 9.59 Å². The van der Waals surface area contributed by atoms with Crippen molar-refractivity contribution in [3.63, 3.8) is 0 Å². The average Bonchev–Trinajstić information content (AvgIpc) is 2.40. The Balaban J connectivity index is 1.98. The van der Waals surface area contributed by atoms with Gasteiger partial charge in [0.1, 0.15) is 0 Å². The molecule has 0 spiro atoms. The Kier molecular flexibility index (Phi) is 4.42. The molecule has 1 aliphatic carbocycles. The van der Waals surface area contributed by atoms with Crippen LogP contribution in [0, 0.1) is 5.92 Å². The molecule has 1 saturated heterocycles. The number of nitrogens with two attached hydrogens (primary N) is 1. The fourth-order valence-corrected chi connectivity index (χ4v) is 2.87. The van der Waals surface area contributed by atoms with Gasteiger partial charge in [0.2, 0.25) is 5.91 Å². The van der Waals surface area contributed by atoms with E-state index in [1.165, 1.54) is 0 Å². The molecule has 2 rings (SSSR count). The highest BCUT2D eigenvalue weighted by Gasteiger charge is 2.39. The lowest BCUT2D eigenvalue weighted by Gasteiger charge is -2.36. The van der Waals surface area contributed by atoms with E-state index in [0.717, 1.165) is 19.3 Å². The summed E-state index contributed by atoms with van der Waals surface area (Å²) in [7, 11) is 0. The van der Waals surface area contributed by atoms with Crippen LogP contribution < -0.4 is 11.1 Å². The predicted molar refractivity (Wildman–Crippen MR) is 68.5 cm³/mol. The number of carbonyl (C=O) groups excluding carboxylic acids is 1. The van der Waals surface area contributed by atoms with E-state index in [0.29, 0.717) is 32.5 Å². The number of rotatable bonds is 3. The van der Waals surface area contributed by atoms with Crippen LogP contribution in [0.3, 0.4) is 0 Å². The lowest BCUT2D eigenvalue weighted by atomic mass is 9.83. The van der Waals surface area contributed by atoms with Gasteiger partial charge in [0.25, 0.3) is 0 Å². The van der Waals surface area contributed by atoms with E-state index >= 15 is 0 Å². The molecule has 1 heterocycles. The van der Waals surface area contributed by atoms with Crippen LogP contribution in [-0.2, 0) is 14.3 Å². The summed E-state index contributed by atoms with van der Waals surface area (Å²) in [4.78, 5) is 23.5. The first-order valence-corrected chi connectivity index (χ1v) is 6.93. The monoisotopic (exact) mass is 270 g/mol. The first-order valence-electron chi connectivity index (χ1n) is 6.93. The molecule has 1 amide bonds. The highest BCUT2D eigenvalue weighted by atomic mass is 16.5. The summed E-state index contributed by atoms with van der Waals surface area (Å²) in [5, 5.41) is 12.1. The van der Waals surface area contributed by atoms with Gasteiger partial charge in [-0.1, -0.05) is 12.8 Å². The number of carbonyl (C=O) groups is 2. The van der Waals surface area contributed by atoms with Crippen LogP contribution in [-0.4, -0.2) is 41.8 Å². The molecule has 0 aromatic rings. The summed E-state index contributed by atoms with van der Waals surface area (Å²) in [6, 6.07) is -0.290. The molecular weight excluding hydrogens is 248 g/mol. The van der Waals surface area contributed by atoms with Crippen molar-refractivity contribution in [1.29, 1.82) is 0 Å². The minimum Gasteiger partial charge on any atom is -0.481 e. The van der Waals surface area contributed by atoms with Gasteiger partial charge in [-0.05, 0) is 25.7 Å². The molecule has 2 atom stereocenters. The maximum atomic E-state index is 12.3. The zero-order chi connectivity index (χ0) is 13.9. The Morgan fingerprint density at radius 1 is 1.21 bits per heavy atom. The molecule has 2 fully saturated rings. The zero-order valence-electron chi connectivity index (χ0n) is 11.1. The maximum absolute atomic E-state index is 12.3. The molecule has 0 aromatic heterocycles. The van der Waals surface area contributed by atoms with Crippen LogP contribution in [0.4, 0.5) is 0 Å². The van der Waals surface area contributed by atoms with Gasteiger partial charge >= 0.3 is 5.97 Å². The summed E-state index contributed by atoms with van der Waals surface area (Å²) in [5.41, 5.74) is 5.20. The molecule has 0 bridgehead atoms. The van der Waals surface area contributed by atoms with Gasteiger partial charge in [-0.15, -0.1) is 0 Å². The summed E-state index contributed by atoms with van der Waals surface area (Å²) in [6.45, 7) is 0.966. The normalized spacial score (nSPS) is 30.6. The van der Waals surface area contributed by atoms with Crippen molar-refractivity contribution < 1.29 is 19.4 Å². The molecule has 6 nitrogen and oxygen atoms in total. The van der Waals surface area contributed by atoms with Crippen molar-refractivity contribution in [2.24, 2.45) is 11.7 Å². The Labute approximate surface area is 112 Å². The molecule has 2 unspecified atom stereocenters. The van der Waals surface area contributed by atoms with E-state index < -0.39 is 17.4 Å². The lowest BCUT2D eigenvalue weighted by molar-refractivity contribution is -0.144. The second-order valence-corrected chi connectivity index (χ2v) is 5.58. The topological polar surface area (TPSA) is 102 Å². The molecule has 0 radical (unpaired) electrons. The fraction of sp³-hybridized carbons (Fsp3) is 0.846. The highest BCUT2D eigenvalue weighted by Crippen LogP contribution is 2.26. The Hall–Kier alpha value is -1.14. The predicted octanol–water partition coefficient (Wildman–Crippen LogP) is 0.254. The smallest absolute Gasteiger partial charge is 0.308 e. The molecule has 108 valence electrons. The molecule has 1 saturated carbocycles. The van der Waals surface area contributed by atoms with Gasteiger partial charge < -0.3 is 20.9 Å². The van der Waals surface area contributed by atoms with Crippen molar-refractivity contribution in [2.75, 3.05) is 13.2 Å². The molecule has 4 N–H and O–H groups in total. The third-order valence-corrected chi connectivity index (χ3v) is 4.24. The zero-order valence-corrected chi connectivity index (χ0v) is 11.1. The van der Waals surface area contributed by atoms with E-state index in [9.17, 15) is 14.7 Å². The number of carboxylic acids is 1. The van der Waals surface area contributed by atoms with Crippen LogP contribution in [0.15, 0.2) is 0 Å². The third kappa shape index (κ3) is 3.25. The third-order valence-electron chi connectivity index (χ3n) is 4.24. The number of carboxylic acid groups (broad SMARTS) is 1. The fourth-order valence-electron chi connectivity index (χ4n) is 2.87. The van der Waals surface area contributed by atoms with Crippen molar-refractivity contribution in [2.45, 2.75) is 50.1 Å². The number of hydrogen-bond acceptors (Lipinski definition) is 4. The molecular formula is C13H22N2O4. The van der Waals surface area contributed by atoms with Crippen LogP contribution in [0.2, 0.25) is 0 Å². The van der Waals surface area contributed by atoms with E-state index in [2.05, 4.69) is 5.32 Å². The molecule has 1 aliphatic heterocycles. The summed E-state index contributed by atoms with van der Waals surface area (Å²) >= 11 is 0. The average molecular weight is 270 g/mol. The van der Waals surface area contributed by atoms with Gasteiger partial charge in [0.05, 0.1) is 11.5 Å². The first-order chi connectivity index (χ1) is 9.03. The van der Waals surface area contributed by atoms with Gasteiger partial charge in [-0.2, -0.15) is 0 Å². The lowest BCUT2D eigenvalue weighted by Crippen LogP contribution is -2.60. The number of ether oxygens (including phenoxy) is 1. The van der Waals surface area contributed by atoms with Gasteiger partial charge in [0, 0.05) is 19.3 Å². The second kappa shape index (κ2) is 5.88. The Morgan fingerprint density at radius 3 is 2.47 bits per heavy atom. The van der Waals surface area contributed by atoms with Crippen LogP contribution in [0.25, 0.3) is 0 Å². The minimum absolute atomic E-state index is 0.228. The Bertz CT molecular complexity index is 353. The van der Waals surface area contributed by atoms with Crippen molar-refractivity contribution in [3.05, 3.63) is 0 Å². The molecule has 2 aliphatic rings. The molecule has 19 heavy (non-hydrogen) atoms. The standard InChI is InChI=1S/C13H22N2O4/c14-13(5-7-19-8-6-13)12(18)15-10-4-2-1-3-9(10)11(16)17/h9-10H,1-8,14H2,(H,15,18)(H,16,17). The van der Waals surface area contributed by atoms with Crippen molar-refractivity contribution in [3.8, 4) is 0 Å². The van der Waals surface area contributed by atoms with E-state index in [1.807, 2.05) is 0 Å². The van der Waals surface area contributed by atoms with E-state index in [4.69, 9.17) is 10.5 Å². The number of hydrogen-bond donors (Lipinski definition) is 3. The summed E-state index contributed by atoms with van der Waals surface area (Å²) in [6.07, 6.45) is 4.18.